The van der Waals surface area contributed by atoms with Gasteiger partial charge in [-0.25, -0.2) is 0 Å². The van der Waals surface area contributed by atoms with E-state index in [0.717, 1.165) is 11.3 Å². The summed E-state index contributed by atoms with van der Waals surface area (Å²) in [6, 6.07) is 5.22. The lowest BCUT2D eigenvalue weighted by Crippen LogP contribution is -2.17. The molecule has 1 heterocycles. The van der Waals surface area contributed by atoms with Crippen molar-refractivity contribution in [2.24, 2.45) is 12.8 Å². The summed E-state index contributed by atoms with van der Waals surface area (Å²) < 4.78 is 17.5. The molecule has 0 spiro atoms. The minimum absolute atomic E-state index is 0.364. The van der Waals surface area contributed by atoms with Gasteiger partial charge >= 0.3 is 0 Å². The fraction of sp³-hybridized carbons (Fsp3) is 0.357. The van der Waals surface area contributed by atoms with E-state index in [1.54, 1.807) is 32.2 Å². The Bertz CT molecular complexity index is 595. The predicted octanol–water partition coefficient (Wildman–Crippen LogP) is 1.49. The maximum Gasteiger partial charge on any atom is 0.161 e. The van der Waals surface area contributed by atoms with Crippen LogP contribution in [0.3, 0.4) is 0 Å². The molecule has 2 rings (SSSR count). The summed E-state index contributed by atoms with van der Waals surface area (Å²) in [6.45, 7) is 0. The molecular formula is C14H19N3O3. The summed E-state index contributed by atoms with van der Waals surface area (Å²) in [5, 5.41) is 4.17. The Balaban J connectivity index is 2.42. The number of ether oxygens (including phenoxy) is 3. The van der Waals surface area contributed by atoms with E-state index in [2.05, 4.69) is 5.10 Å². The van der Waals surface area contributed by atoms with Gasteiger partial charge < -0.3 is 19.9 Å². The Morgan fingerprint density at radius 2 is 1.70 bits per heavy atom. The highest BCUT2D eigenvalue weighted by Gasteiger charge is 2.20. The van der Waals surface area contributed by atoms with Gasteiger partial charge in [0.25, 0.3) is 0 Å². The molecule has 108 valence electrons. The van der Waals surface area contributed by atoms with Gasteiger partial charge in [0, 0.05) is 7.05 Å². The lowest BCUT2D eigenvalue weighted by Gasteiger charge is -2.16. The maximum absolute atomic E-state index is 6.32. The molecule has 6 heteroatoms. The van der Waals surface area contributed by atoms with Crippen LogP contribution in [-0.2, 0) is 7.05 Å². The number of benzene rings is 1. The minimum Gasteiger partial charge on any atom is -0.493 e. The van der Waals surface area contributed by atoms with Gasteiger partial charge in [0.2, 0.25) is 0 Å². The largest absolute Gasteiger partial charge is 0.493 e. The first-order valence-electron chi connectivity index (χ1n) is 6.15. The fourth-order valence-electron chi connectivity index (χ4n) is 2.14. The number of aryl methyl sites for hydroxylation is 1. The van der Waals surface area contributed by atoms with E-state index in [-0.39, 0.29) is 6.04 Å². The fourth-order valence-corrected chi connectivity index (χ4v) is 2.14. The number of aromatic nitrogens is 2. The van der Waals surface area contributed by atoms with Gasteiger partial charge in [0.15, 0.2) is 17.2 Å². The predicted molar refractivity (Wildman–Crippen MR) is 75.3 cm³/mol. The van der Waals surface area contributed by atoms with E-state index in [9.17, 15) is 0 Å². The Morgan fingerprint density at radius 1 is 1.05 bits per heavy atom. The molecule has 0 radical (unpaired) electrons. The van der Waals surface area contributed by atoms with E-state index >= 15 is 0 Å². The summed E-state index contributed by atoms with van der Waals surface area (Å²) in [7, 11) is 6.62. The van der Waals surface area contributed by atoms with E-state index in [0.29, 0.717) is 17.2 Å². The quantitative estimate of drug-likeness (QED) is 0.896. The highest BCUT2D eigenvalue weighted by Crippen LogP contribution is 2.33. The number of nitrogens with zero attached hydrogens (tertiary/aromatic N) is 2. The summed E-state index contributed by atoms with van der Waals surface area (Å²) in [5.41, 5.74) is 8.01. The van der Waals surface area contributed by atoms with E-state index in [4.69, 9.17) is 19.9 Å². The highest BCUT2D eigenvalue weighted by molar-refractivity contribution is 5.46. The second-order valence-electron chi connectivity index (χ2n) is 4.31. The average Bonchev–Trinajstić information content (AvgIpc) is 2.86. The van der Waals surface area contributed by atoms with Crippen LogP contribution in [0.5, 0.6) is 17.2 Å². The topological polar surface area (TPSA) is 71.5 Å². The third kappa shape index (κ3) is 2.42. The van der Waals surface area contributed by atoms with Crippen LogP contribution >= 0.6 is 0 Å². The van der Waals surface area contributed by atoms with Crippen molar-refractivity contribution in [1.82, 2.24) is 9.78 Å². The van der Waals surface area contributed by atoms with Crippen molar-refractivity contribution in [3.63, 3.8) is 0 Å². The van der Waals surface area contributed by atoms with E-state index in [1.807, 2.05) is 25.2 Å². The first-order valence-corrected chi connectivity index (χ1v) is 6.15. The summed E-state index contributed by atoms with van der Waals surface area (Å²) in [5.74, 6) is 1.97. The molecule has 1 unspecified atom stereocenters. The third-order valence-electron chi connectivity index (χ3n) is 3.23. The van der Waals surface area contributed by atoms with Crippen LogP contribution in [-0.4, -0.2) is 31.1 Å². The highest BCUT2D eigenvalue weighted by atomic mass is 16.5. The molecule has 0 fully saturated rings. The van der Waals surface area contributed by atoms with Crippen LogP contribution in [0, 0.1) is 0 Å². The van der Waals surface area contributed by atoms with Crippen molar-refractivity contribution in [2.75, 3.05) is 21.3 Å². The van der Waals surface area contributed by atoms with Crippen LogP contribution in [0.15, 0.2) is 24.4 Å². The maximum atomic E-state index is 6.32. The molecule has 0 aliphatic rings. The molecule has 20 heavy (non-hydrogen) atoms. The molecule has 0 aliphatic carbocycles. The van der Waals surface area contributed by atoms with Crippen LogP contribution < -0.4 is 19.9 Å². The molecule has 0 aliphatic heterocycles. The molecule has 2 aromatic rings. The zero-order valence-corrected chi connectivity index (χ0v) is 12.1. The number of methoxy groups -OCH3 is 3. The van der Waals surface area contributed by atoms with Crippen molar-refractivity contribution >= 4 is 0 Å². The standard InChI is InChI=1S/C14H19N3O3/c1-17-14(12(20-4)8-16-17)13(15)9-5-6-10(18-2)11(7-9)19-3/h5-8,13H,15H2,1-4H3. The van der Waals surface area contributed by atoms with Gasteiger partial charge in [0.1, 0.15) is 5.69 Å². The lowest BCUT2D eigenvalue weighted by atomic mass is 10.0. The van der Waals surface area contributed by atoms with Gasteiger partial charge in [-0.3, -0.25) is 4.68 Å². The summed E-state index contributed by atoms with van der Waals surface area (Å²) in [6.07, 6.45) is 1.65. The Morgan fingerprint density at radius 3 is 2.30 bits per heavy atom. The molecule has 1 aromatic heterocycles. The molecule has 0 saturated carbocycles. The van der Waals surface area contributed by atoms with E-state index in [1.165, 1.54) is 0 Å². The van der Waals surface area contributed by atoms with Crippen LogP contribution in [0.25, 0.3) is 0 Å². The van der Waals surface area contributed by atoms with Crippen molar-refractivity contribution in [2.45, 2.75) is 6.04 Å². The average molecular weight is 277 g/mol. The Kier molecular flexibility index (Phi) is 4.14. The number of nitrogens with two attached hydrogens (primary N) is 1. The monoisotopic (exact) mass is 277 g/mol. The van der Waals surface area contributed by atoms with E-state index < -0.39 is 0 Å². The van der Waals surface area contributed by atoms with Crippen molar-refractivity contribution in [1.29, 1.82) is 0 Å². The van der Waals surface area contributed by atoms with Gasteiger partial charge in [-0.15, -0.1) is 0 Å². The number of rotatable bonds is 5. The molecular weight excluding hydrogens is 258 g/mol. The molecule has 0 bridgehead atoms. The number of hydrogen-bond donors (Lipinski definition) is 1. The third-order valence-corrected chi connectivity index (χ3v) is 3.23. The smallest absolute Gasteiger partial charge is 0.161 e. The van der Waals surface area contributed by atoms with Gasteiger partial charge in [-0.05, 0) is 17.7 Å². The second-order valence-corrected chi connectivity index (χ2v) is 4.31. The molecule has 2 N–H and O–H groups in total. The van der Waals surface area contributed by atoms with Crippen molar-refractivity contribution in [3.05, 3.63) is 35.7 Å². The number of hydrogen-bond acceptors (Lipinski definition) is 5. The lowest BCUT2D eigenvalue weighted by molar-refractivity contribution is 0.354. The van der Waals surface area contributed by atoms with Crippen molar-refractivity contribution in [3.8, 4) is 17.2 Å². The Labute approximate surface area is 118 Å². The zero-order valence-electron chi connectivity index (χ0n) is 12.1. The molecule has 6 nitrogen and oxygen atoms in total. The van der Waals surface area contributed by atoms with Crippen LogP contribution in [0.1, 0.15) is 17.3 Å². The van der Waals surface area contributed by atoms with Gasteiger partial charge in [-0.2, -0.15) is 5.10 Å². The van der Waals surface area contributed by atoms with Crippen molar-refractivity contribution < 1.29 is 14.2 Å². The zero-order chi connectivity index (χ0) is 14.7. The second kappa shape index (κ2) is 5.83. The Hall–Kier alpha value is -2.21. The molecule has 1 atom stereocenters. The van der Waals surface area contributed by atoms with Crippen LogP contribution in [0.2, 0.25) is 0 Å². The SMILES string of the molecule is COc1ccc(C(N)c2c(OC)cnn2C)cc1OC. The minimum atomic E-state index is -0.364. The first-order chi connectivity index (χ1) is 9.62. The molecule has 1 aromatic carbocycles. The molecule has 0 amide bonds. The van der Waals surface area contributed by atoms with Gasteiger partial charge in [0.05, 0.1) is 33.6 Å². The van der Waals surface area contributed by atoms with Gasteiger partial charge in [-0.1, -0.05) is 6.07 Å². The normalized spacial score (nSPS) is 12.1. The first kappa shape index (κ1) is 14.2. The molecule has 0 saturated heterocycles. The van der Waals surface area contributed by atoms with Crippen LogP contribution in [0.4, 0.5) is 0 Å². The summed E-state index contributed by atoms with van der Waals surface area (Å²) in [4.78, 5) is 0. The summed E-state index contributed by atoms with van der Waals surface area (Å²) >= 11 is 0.